The number of aromatic hydroxyl groups is 1. The molecule has 0 saturated heterocycles. The van der Waals surface area contributed by atoms with Gasteiger partial charge < -0.3 is 9.84 Å². The van der Waals surface area contributed by atoms with Crippen molar-refractivity contribution >= 4 is 34.9 Å². The monoisotopic (exact) mass is 348 g/mol. The van der Waals surface area contributed by atoms with Crippen molar-refractivity contribution in [1.82, 2.24) is 5.43 Å². The summed E-state index contributed by atoms with van der Waals surface area (Å²) in [5, 5.41) is 13.4. The summed E-state index contributed by atoms with van der Waals surface area (Å²) in [5.74, 6) is 0.153. The van der Waals surface area contributed by atoms with Gasteiger partial charge in [-0.15, -0.1) is 0 Å². The van der Waals surface area contributed by atoms with Crippen LogP contribution in [0.25, 0.3) is 0 Å². The summed E-state index contributed by atoms with van der Waals surface area (Å²) in [7, 11) is 0. The van der Waals surface area contributed by atoms with E-state index in [4.69, 9.17) is 0 Å². The van der Waals surface area contributed by atoms with Crippen LogP contribution in [0.5, 0.6) is 5.75 Å². The number of hydrazone groups is 1. The molecule has 1 rings (SSSR count). The van der Waals surface area contributed by atoms with Crippen LogP contribution in [0.3, 0.4) is 0 Å². The Labute approximate surface area is 113 Å². The molecule has 0 atom stereocenters. The molecule has 6 heteroatoms. The average molecular weight is 348 g/mol. The van der Waals surface area contributed by atoms with Gasteiger partial charge in [0.2, 0.25) is 0 Å². The Morgan fingerprint density at radius 2 is 2.35 bits per heavy atom. The standard InChI is InChI=1S/C11H13IN2O3/c1-3-17-11(16)14-13-6-8-5-9(12)4-7(2)10(8)15/h4-6,15H,3H2,1-2H3,(H,14,16)/b13-6-. The highest BCUT2D eigenvalue weighted by Crippen LogP contribution is 2.23. The largest absolute Gasteiger partial charge is 0.507 e. The maximum absolute atomic E-state index is 10.9. The van der Waals surface area contributed by atoms with Crippen molar-refractivity contribution in [2.45, 2.75) is 13.8 Å². The molecule has 5 nitrogen and oxygen atoms in total. The van der Waals surface area contributed by atoms with Gasteiger partial charge in [-0.1, -0.05) is 0 Å². The molecule has 0 aliphatic carbocycles. The second-order valence-corrected chi connectivity index (χ2v) is 4.50. The number of aryl methyl sites for hydroxylation is 1. The van der Waals surface area contributed by atoms with Crippen LogP contribution in [0.1, 0.15) is 18.1 Å². The van der Waals surface area contributed by atoms with Gasteiger partial charge in [0, 0.05) is 9.13 Å². The van der Waals surface area contributed by atoms with Crippen molar-refractivity contribution < 1.29 is 14.6 Å². The first-order chi connectivity index (χ1) is 8.04. The van der Waals surface area contributed by atoms with E-state index in [2.05, 4.69) is 37.9 Å². The number of ether oxygens (including phenoxy) is 1. The third-order valence-corrected chi connectivity index (χ3v) is 2.55. The number of carbonyl (C=O) groups excluding carboxylic acids is 1. The molecule has 1 amide bonds. The average Bonchev–Trinajstić information content (AvgIpc) is 2.25. The highest BCUT2D eigenvalue weighted by Gasteiger charge is 2.04. The molecule has 0 unspecified atom stereocenters. The van der Waals surface area contributed by atoms with Gasteiger partial charge in [-0.25, -0.2) is 10.2 Å². The lowest BCUT2D eigenvalue weighted by Gasteiger charge is -2.04. The van der Waals surface area contributed by atoms with E-state index in [1.165, 1.54) is 6.21 Å². The maximum Gasteiger partial charge on any atom is 0.427 e. The number of rotatable bonds is 3. The van der Waals surface area contributed by atoms with E-state index >= 15 is 0 Å². The summed E-state index contributed by atoms with van der Waals surface area (Å²) in [4.78, 5) is 10.9. The van der Waals surface area contributed by atoms with Crippen LogP contribution in [-0.2, 0) is 4.74 Å². The highest BCUT2D eigenvalue weighted by molar-refractivity contribution is 14.1. The predicted octanol–water partition coefficient (Wildman–Crippen LogP) is 2.39. The number of amides is 1. The van der Waals surface area contributed by atoms with Gasteiger partial charge in [-0.2, -0.15) is 5.10 Å². The fraction of sp³-hybridized carbons (Fsp3) is 0.273. The van der Waals surface area contributed by atoms with Crippen LogP contribution >= 0.6 is 22.6 Å². The van der Waals surface area contributed by atoms with E-state index in [-0.39, 0.29) is 12.4 Å². The smallest absolute Gasteiger partial charge is 0.427 e. The zero-order valence-electron chi connectivity index (χ0n) is 9.53. The molecular weight excluding hydrogens is 335 g/mol. The number of carbonyl (C=O) groups is 1. The fourth-order valence-electron chi connectivity index (χ4n) is 1.18. The Balaban J connectivity index is 2.74. The zero-order chi connectivity index (χ0) is 12.8. The quantitative estimate of drug-likeness (QED) is 0.501. The lowest BCUT2D eigenvalue weighted by atomic mass is 10.1. The number of hydrogen-bond donors (Lipinski definition) is 2. The van der Waals surface area contributed by atoms with Crippen molar-refractivity contribution in [2.24, 2.45) is 5.10 Å². The van der Waals surface area contributed by atoms with Crippen LogP contribution < -0.4 is 5.43 Å². The highest BCUT2D eigenvalue weighted by atomic mass is 127. The van der Waals surface area contributed by atoms with Crippen molar-refractivity contribution in [3.8, 4) is 5.75 Å². The summed E-state index contributed by atoms with van der Waals surface area (Å²) in [5.41, 5.74) is 3.50. The first-order valence-electron chi connectivity index (χ1n) is 4.99. The number of halogens is 1. The van der Waals surface area contributed by atoms with Crippen LogP contribution in [0.4, 0.5) is 4.79 Å². The Morgan fingerprint density at radius 3 is 3.00 bits per heavy atom. The summed E-state index contributed by atoms with van der Waals surface area (Å²) >= 11 is 2.14. The van der Waals surface area contributed by atoms with Gasteiger partial charge in [0.25, 0.3) is 0 Å². The van der Waals surface area contributed by atoms with E-state index in [9.17, 15) is 9.90 Å². The zero-order valence-corrected chi connectivity index (χ0v) is 11.7. The molecule has 1 aromatic rings. The molecule has 0 saturated carbocycles. The van der Waals surface area contributed by atoms with E-state index in [1.54, 1.807) is 19.9 Å². The lowest BCUT2D eigenvalue weighted by molar-refractivity contribution is 0.152. The normalized spacial score (nSPS) is 10.5. The van der Waals surface area contributed by atoms with E-state index in [0.717, 1.165) is 9.13 Å². The Kier molecular flexibility index (Phi) is 5.20. The minimum absolute atomic E-state index is 0.153. The van der Waals surface area contributed by atoms with Crippen molar-refractivity contribution in [3.05, 3.63) is 26.8 Å². The van der Waals surface area contributed by atoms with E-state index in [0.29, 0.717) is 5.56 Å². The number of hydrogen-bond acceptors (Lipinski definition) is 4. The first-order valence-corrected chi connectivity index (χ1v) is 6.07. The molecule has 0 heterocycles. The Morgan fingerprint density at radius 1 is 1.65 bits per heavy atom. The molecule has 0 aromatic heterocycles. The van der Waals surface area contributed by atoms with Crippen molar-refractivity contribution in [3.63, 3.8) is 0 Å². The maximum atomic E-state index is 10.9. The number of nitrogens with one attached hydrogen (secondary N) is 1. The Hall–Kier alpha value is -1.31. The molecule has 1 aromatic carbocycles. The number of phenolic OH excluding ortho intramolecular Hbond substituents is 1. The van der Waals surface area contributed by atoms with Crippen molar-refractivity contribution in [1.29, 1.82) is 0 Å². The second kappa shape index (κ2) is 6.43. The number of nitrogens with zero attached hydrogens (tertiary/aromatic N) is 1. The van der Waals surface area contributed by atoms with Crippen LogP contribution in [0.15, 0.2) is 17.2 Å². The summed E-state index contributed by atoms with van der Waals surface area (Å²) < 4.78 is 5.61. The van der Waals surface area contributed by atoms with Crippen molar-refractivity contribution in [2.75, 3.05) is 6.61 Å². The third kappa shape index (κ3) is 4.22. The summed E-state index contributed by atoms with van der Waals surface area (Å²) in [6, 6.07) is 3.62. The molecule has 17 heavy (non-hydrogen) atoms. The predicted molar refractivity (Wildman–Crippen MR) is 73.3 cm³/mol. The molecule has 0 aliphatic heterocycles. The molecule has 0 aliphatic rings. The first kappa shape index (κ1) is 13.8. The van der Waals surface area contributed by atoms with Crippen LogP contribution in [0.2, 0.25) is 0 Å². The fourth-order valence-corrected chi connectivity index (χ4v) is 1.98. The van der Waals surface area contributed by atoms with Gasteiger partial charge in [-0.05, 0) is 54.1 Å². The SMILES string of the molecule is CCOC(=O)N/N=C\c1cc(I)cc(C)c1O. The lowest BCUT2D eigenvalue weighted by Crippen LogP contribution is -2.18. The molecule has 0 radical (unpaired) electrons. The molecular formula is C11H13IN2O3. The number of benzene rings is 1. The minimum atomic E-state index is -0.620. The van der Waals surface area contributed by atoms with Gasteiger partial charge in [0.15, 0.2) is 0 Å². The topological polar surface area (TPSA) is 70.9 Å². The molecule has 92 valence electrons. The van der Waals surface area contributed by atoms with Gasteiger partial charge in [-0.3, -0.25) is 0 Å². The summed E-state index contributed by atoms with van der Waals surface area (Å²) in [6.45, 7) is 3.79. The van der Waals surface area contributed by atoms with Gasteiger partial charge >= 0.3 is 6.09 Å². The number of phenols is 1. The molecule has 0 bridgehead atoms. The molecule has 2 N–H and O–H groups in total. The Bertz CT molecular complexity index is 447. The third-order valence-electron chi connectivity index (χ3n) is 1.93. The minimum Gasteiger partial charge on any atom is -0.507 e. The van der Waals surface area contributed by atoms with Crippen LogP contribution in [0, 0.1) is 10.5 Å². The summed E-state index contributed by atoms with van der Waals surface area (Å²) in [6.07, 6.45) is 0.757. The second-order valence-electron chi connectivity index (χ2n) is 3.25. The molecule has 0 fully saturated rings. The molecule has 0 spiro atoms. The van der Waals surface area contributed by atoms with Gasteiger partial charge in [0.1, 0.15) is 5.75 Å². The van der Waals surface area contributed by atoms with Gasteiger partial charge in [0.05, 0.1) is 12.8 Å². The van der Waals surface area contributed by atoms with Crippen LogP contribution in [-0.4, -0.2) is 24.0 Å². The van der Waals surface area contributed by atoms with E-state index in [1.807, 2.05) is 6.07 Å². The van der Waals surface area contributed by atoms with E-state index < -0.39 is 6.09 Å².